The number of nitrogens with one attached hydrogen (secondary N) is 1. The molecule has 0 radical (unpaired) electrons. The third-order valence-corrected chi connectivity index (χ3v) is 2.52. The molecule has 0 fully saturated rings. The first-order chi connectivity index (χ1) is 9.35. The van der Waals surface area contributed by atoms with Crippen LogP contribution in [0.15, 0.2) is 48.0 Å². The number of hydrogen-bond acceptors (Lipinski definition) is 4. The third kappa shape index (κ3) is 2.31. The van der Waals surface area contributed by atoms with Crippen LogP contribution in [-0.2, 0) is 0 Å². The van der Waals surface area contributed by atoms with E-state index in [0.717, 1.165) is 10.9 Å². The van der Waals surface area contributed by atoms with Crippen LogP contribution in [0.5, 0.6) is 11.6 Å². The van der Waals surface area contributed by atoms with Crippen molar-refractivity contribution < 1.29 is 4.74 Å². The maximum atomic E-state index is 8.35. The molecule has 0 saturated heterocycles. The van der Waals surface area contributed by atoms with E-state index in [4.69, 9.17) is 10.3 Å². The Morgan fingerprint density at radius 3 is 3.05 bits per heavy atom. The van der Waals surface area contributed by atoms with Gasteiger partial charge in [0.05, 0.1) is 0 Å². The average molecular weight is 252 g/mol. The highest BCUT2D eigenvalue weighted by Gasteiger charge is 2.02. The molecular formula is C12H8N6O. The van der Waals surface area contributed by atoms with Crippen LogP contribution in [0.1, 0.15) is 0 Å². The number of ether oxygens (including phenoxy) is 1. The van der Waals surface area contributed by atoms with Crippen molar-refractivity contribution in [2.45, 2.75) is 0 Å². The van der Waals surface area contributed by atoms with E-state index in [9.17, 15) is 0 Å². The zero-order valence-electron chi connectivity index (χ0n) is 9.69. The molecule has 0 amide bonds. The van der Waals surface area contributed by atoms with Gasteiger partial charge in [0.15, 0.2) is 0 Å². The van der Waals surface area contributed by atoms with E-state index in [0.29, 0.717) is 11.6 Å². The summed E-state index contributed by atoms with van der Waals surface area (Å²) < 4.78 is 5.59. The normalized spacial score (nSPS) is 10.1. The number of aromatic amines is 1. The van der Waals surface area contributed by atoms with E-state index in [1.165, 1.54) is 12.4 Å². The summed E-state index contributed by atoms with van der Waals surface area (Å²) in [7, 11) is 0. The van der Waals surface area contributed by atoms with Crippen molar-refractivity contribution in [1.82, 2.24) is 15.0 Å². The van der Waals surface area contributed by atoms with Gasteiger partial charge in [-0.15, -0.1) is 0 Å². The van der Waals surface area contributed by atoms with Gasteiger partial charge in [-0.2, -0.15) is 0 Å². The number of rotatable bonds is 3. The van der Waals surface area contributed by atoms with Gasteiger partial charge in [-0.05, 0) is 34.9 Å². The Balaban J connectivity index is 1.91. The van der Waals surface area contributed by atoms with E-state index >= 15 is 0 Å². The van der Waals surface area contributed by atoms with Crippen LogP contribution in [0.25, 0.3) is 21.3 Å². The Labute approximate surface area is 107 Å². The maximum Gasteiger partial charge on any atom is 0.222 e. The van der Waals surface area contributed by atoms with Gasteiger partial charge in [-0.3, -0.25) is 0 Å². The number of aromatic nitrogens is 3. The van der Waals surface area contributed by atoms with Gasteiger partial charge in [0.25, 0.3) is 0 Å². The van der Waals surface area contributed by atoms with Crippen molar-refractivity contribution in [2.24, 2.45) is 5.11 Å². The molecule has 1 N–H and O–H groups in total. The molecule has 0 atom stereocenters. The zero-order valence-corrected chi connectivity index (χ0v) is 9.69. The Morgan fingerprint density at radius 2 is 2.16 bits per heavy atom. The van der Waals surface area contributed by atoms with E-state index in [-0.39, 0.29) is 5.82 Å². The van der Waals surface area contributed by atoms with E-state index in [1.54, 1.807) is 0 Å². The molecule has 1 aromatic carbocycles. The second kappa shape index (κ2) is 4.67. The summed E-state index contributed by atoms with van der Waals surface area (Å²) in [6, 6.07) is 9.06. The smallest absolute Gasteiger partial charge is 0.222 e. The molecule has 7 heteroatoms. The standard InChI is InChI=1S/C12H8N6O/c13-18-17-11-6-12(16-7-15-11)19-9-1-2-10-8(5-9)3-4-14-10/h1-7,14H. The van der Waals surface area contributed by atoms with Crippen LogP contribution < -0.4 is 4.74 Å². The Kier molecular flexibility index (Phi) is 2.72. The second-order valence-corrected chi connectivity index (χ2v) is 3.73. The molecule has 2 aromatic heterocycles. The number of hydrogen-bond donors (Lipinski definition) is 1. The largest absolute Gasteiger partial charge is 0.439 e. The molecule has 19 heavy (non-hydrogen) atoms. The fraction of sp³-hybridized carbons (Fsp3) is 0. The molecule has 0 aliphatic heterocycles. The van der Waals surface area contributed by atoms with E-state index in [2.05, 4.69) is 25.0 Å². The van der Waals surface area contributed by atoms with E-state index < -0.39 is 0 Å². The van der Waals surface area contributed by atoms with Gasteiger partial charge in [0.1, 0.15) is 17.9 Å². The summed E-state index contributed by atoms with van der Waals surface area (Å²) in [5.74, 6) is 1.19. The summed E-state index contributed by atoms with van der Waals surface area (Å²) in [6.45, 7) is 0. The fourth-order valence-electron chi connectivity index (χ4n) is 1.70. The number of azide groups is 1. The molecule has 0 saturated carbocycles. The van der Waals surface area contributed by atoms with Gasteiger partial charge in [0.2, 0.25) is 5.88 Å². The lowest BCUT2D eigenvalue weighted by molar-refractivity contribution is 0.462. The minimum absolute atomic E-state index is 0.218. The highest BCUT2D eigenvalue weighted by molar-refractivity contribution is 5.80. The number of H-pyrrole nitrogens is 1. The first kappa shape index (κ1) is 11.1. The SMILES string of the molecule is [N-]=[N+]=Nc1cc(Oc2ccc3[nH]ccc3c2)ncn1. The number of benzene rings is 1. The molecule has 0 spiro atoms. The first-order valence-electron chi connectivity index (χ1n) is 5.47. The van der Waals surface area contributed by atoms with Crippen LogP contribution in [0.2, 0.25) is 0 Å². The molecule has 0 aliphatic rings. The Bertz CT molecular complexity index is 774. The lowest BCUT2D eigenvalue weighted by atomic mass is 10.2. The van der Waals surface area contributed by atoms with Gasteiger partial charge in [-0.25, -0.2) is 9.97 Å². The third-order valence-electron chi connectivity index (χ3n) is 2.52. The van der Waals surface area contributed by atoms with Crippen molar-refractivity contribution in [3.63, 3.8) is 0 Å². The van der Waals surface area contributed by atoms with Gasteiger partial charge in [-0.1, -0.05) is 0 Å². The molecule has 92 valence electrons. The Morgan fingerprint density at radius 1 is 1.21 bits per heavy atom. The Hall–Kier alpha value is -3.05. The predicted molar refractivity (Wildman–Crippen MR) is 69.2 cm³/mol. The molecule has 2 heterocycles. The number of fused-ring (bicyclic) bond motifs is 1. The molecule has 0 unspecified atom stereocenters. The van der Waals surface area contributed by atoms with Gasteiger partial charge in [0, 0.05) is 28.1 Å². The van der Waals surface area contributed by atoms with Crippen LogP contribution in [-0.4, -0.2) is 15.0 Å². The van der Waals surface area contributed by atoms with Crippen molar-refractivity contribution in [3.05, 3.63) is 53.3 Å². The van der Waals surface area contributed by atoms with Gasteiger partial charge >= 0.3 is 0 Å². The molecule has 3 aromatic rings. The van der Waals surface area contributed by atoms with Crippen molar-refractivity contribution >= 4 is 16.7 Å². The summed E-state index contributed by atoms with van der Waals surface area (Å²) in [4.78, 5) is 13.5. The predicted octanol–water partition coefficient (Wildman–Crippen LogP) is 3.69. The van der Waals surface area contributed by atoms with Crippen LogP contribution >= 0.6 is 0 Å². The minimum atomic E-state index is 0.218. The lowest BCUT2D eigenvalue weighted by Gasteiger charge is -2.04. The fourth-order valence-corrected chi connectivity index (χ4v) is 1.70. The molecule has 3 rings (SSSR count). The van der Waals surface area contributed by atoms with Crippen molar-refractivity contribution in [2.75, 3.05) is 0 Å². The first-order valence-corrected chi connectivity index (χ1v) is 5.47. The molecule has 0 aliphatic carbocycles. The van der Waals surface area contributed by atoms with Crippen LogP contribution in [0.3, 0.4) is 0 Å². The highest BCUT2D eigenvalue weighted by Crippen LogP contribution is 2.25. The summed E-state index contributed by atoms with van der Waals surface area (Å²) in [5, 5.41) is 4.44. The van der Waals surface area contributed by atoms with Crippen LogP contribution in [0, 0.1) is 0 Å². The lowest BCUT2D eigenvalue weighted by Crippen LogP contribution is -1.88. The monoisotopic (exact) mass is 252 g/mol. The van der Waals surface area contributed by atoms with Gasteiger partial charge < -0.3 is 9.72 Å². The summed E-state index contributed by atoms with van der Waals surface area (Å²) >= 11 is 0. The summed E-state index contributed by atoms with van der Waals surface area (Å²) in [5.41, 5.74) is 9.38. The van der Waals surface area contributed by atoms with E-state index in [1.807, 2.05) is 30.5 Å². The molecule has 0 bridgehead atoms. The second-order valence-electron chi connectivity index (χ2n) is 3.73. The molecule has 7 nitrogen and oxygen atoms in total. The van der Waals surface area contributed by atoms with Crippen LogP contribution in [0.4, 0.5) is 5.82 Å². The minimum Gasteiger partial charge on any atom is -0.439 e. The summed E-state index contributed by atoms with van der Waals surface area (Å²) in [6.07, 6.45) is 3.15. The average Bonchev–Trinajstić information content (AvgIpc) is 2.87. The maximum absolute atomic E-state index is 8.35. The van der Waals surface area contributed by atoms with Crippen molar-refractivity contribution in [3.8, 4) is 11.6 Å². The molecular weight excluding hydrogens is 244 g/mol. The van der Waals surface area contributed by atoms with Crippen molar-refractivity contribution in [1.29, 1.82) is 0 Å². The zero-order chi connectivity index (χ0) is 13.1. The topological polar surface area (TPSA) is 99.6 Å². The highest BCUT2D eigenvalue weighted by atomic mass is 16.5. The quantitative estimate of drug-likeness (QED) is 0.437. The number of nitrogens with zero attached hydrogens (tertiary/aromatic N) is 5.